The van der Waals surface area contributed by atoms with Crippen molar-refractivity contribution in [2.24, 2.45) is 0 Å². The van der Waals surface area contributed by atoms with Crippen molar-refractivity contribution >= 4 is 17.3 Å². The van der Waals surface area contributed by atoms with Gasteiger partial charge in [-0.05, 0) is 48.2 Å². The van der Waals surface area contributed by atoms with Gasteiger partial charge in [0.2, 0.25) is 0 Å². The first-order valence-corrected chi connectivity index (χ1v) is 10.4. The molecule has 2 aromatic rings. The molecule has 1 aliphatic heterocycles. The highest BCUT2D eigenvalue weighted by atomic mass is 35.5. The predicted molar refractivity (Wildman–Crippen MR) is 117 cm³/mol. The number of benzene rings is 2. The first-order valence-electron chi connectivity index (χ1n) is 10.1. The molecule has 4 nitrogen and oxygen atoms in total. The standard InChI is InChI=1S/C23H31ClN2O2/c1-17(2)22-8-7-18(3)13-23(22)28-16-21(27)15-25-9-11-26(12-10-25)20-6-4-5-19(24)14-20/h4-8,13-14,17,21,27H,9-12,15-16H2,1-3H3/t21-/m1/s1. The van der Waals surface area contributed by atoms with Crippen LogP contribution in [0.25, 0.3) is 0 Å². The topological polar surface area (TPSA) is 35.9 Å². The van der Waals surface area contributed by atoms with E-state index in [-0.39, 0.29) is 0 Å². The highest BCUT2D eigenvalue weighted by molar-refractivity contribution is 6.30. The Bertz CT molecular complexity index is 773. The van der Waals surface area contributed by atoms with Gasteiger partial charge in [-0.25, -0.2) is 0 Å². The number of halogens is 1. The van der Waals surface area contributed by atoms with E-state index in [1.165, 1.54) is 11.1 Å². The monoisotopic (exact) mass is 402 g/mol. The van der Waals surface area contributed by atoms with Gasteiger partial charge in [0.1, 0.15) is 18.5 Å². The van der Waals surface area contributed by atoms with Gasteiger partial charge in [-0.1, -0.05) is 43.6 Å². The van der Waals surface area contributed by atoms with Gasteiger partial charge in [0.05, 0.1) is 0 Å². The van der Waals surface area contributed by atoms with Gasteiger partial charge in [0.15, 0.2) is 0 Å². The number of rotatable bonds is 7. The minimum absolute atomic E-state index is 0.317. The van der Waals surface area contributed by atoms with Gasteiger partial charge in [0.25, 0.3) is 0 Å². The predicted octanol–water partition coefficient (Wildman–Crippen LogP) is 4.33. The highest BCUT2D eigenvalue weighted by Crippen LogP contribution is 2.27. The van der Waals surface area contributed by atoms with Crippen LogP contribution in [0.15, 0.2) is 42.5 Å². The van der Waals surface area contributed by atoms with Crippen LogP contribution in [0, 0.1) is 6.92 Å². The van der Waals surface area contributed by atoms with Crippen molar-refractivity contribution in [1.29, 1.82) is 0 Å². The van der Waals surface area contributed by atoms with Crippen molar-refractivity contribution in [3.63, 3.8) is 0 Å². The number of aliphatic hydroxyl groups is 1. The molecule has 0 aliphatic carbocycles. The number of β-amino-alcohol motifs (C(OH)–C–C–N with tert-alkyl or cyclic N) is 1. The minimum atomic E-state index is -0.502. The van der Waals surface area contributed by atoms with E-state index in [1.807, 2.05) is 18.2 Å². The summed E-state index contributed by atoms with van der Waals surface area (Å²) in [6, 6.07) is 14.3. The lowest BCUT2D eigenvalue weighted by Crippen LogP contribution is -2.49. The summed E-state index contributed by atoms with van der Waals surface area (Å²) < 4.78 is 5.98. The summed E-state index contributed by atoms with van der Waals surface area (Å²) >= 11 is 6.10. The molecule has 1 fully saturated rings. The quantitative estimate of drug-likeness (QED) is 0.747. The Hall–Kier alpha value is -1.75. The Labute approximate surface area is 173 Å². The van der Waals surface area contributed by atoms with Crippen LogP contribution in [0.1, 0.15) is 30.9 Å². The van der Waals surface area contributed by atoms with E-state index in [4.69, 9.17) is 16.3 Å². The van der Waals surface area contributed by atoms with Crippen LogP contribution in [0.4, 0.5) is 5.69 Å². The SMILES string of the molecule is Cc1ccc(C(C)C)c(OC[C@H](O)CN2CCN(c3cccc(Cl)c3)CC2)c1. The molecule has 28 heavy (non-hydrogen) atoms. The maximum absolute atomic E-state index is 10.5. The smallest absolute Gasteiger partial charge is 0.123 e. The Morgan fingerprint density at radius 2 is 1.82 bits per heavy atom. The van der Waals surface area contributed by atoms with Crippen molar-refractivity contribution in [2.45, 2.75) is 32.8 Å². The van der Waals surface area contributed by atoms with Crippen LogP contribution in [0.5, 0.6) is 5.75 Å². The van der Waals surface area contributed by atoms with E-state index in [0.29, 0.717) is 19.1 Å². The fourth-order valence-electron chi connectivity index (χ4n) is 3.64. The number of hydrogen-bond donors (Lipinski definition) is 1. The number of ether oxygens (including phenoxy) is 1. The lowest BCUT2D eigenvalue weighted by Gasteiger charge is -2.37. The third-order valence-corrected chi connectivity index (χ3v) is 5.47. The Morgan fingerprint density at radius 3 is 2.50 bits per heavy atom. The van der Waals surface area contributed by atoms with Crippen LogP contribution in [-0.2, 0) is 0 Å². The molecule has 0 spiro atoms. The zero-order valence-electron chi connectivity index (χ0n) is 17.1. The van der Waals surface area contributed by atoms with Crippen molar-refractivity contribution in [3.05, 3.63) is 58.6 Å². The van der Waals surface area contributed by atoms with E-state index < -0.39 is 6.10 Å². The average molecular weight is 403 g/mol. The van der Waals surface area contributed by atoms with Gasteiger partial charge in [-0.2, -0.15) is 0 Å². The van der Waals surface area contributed by atoms with Crippen LogP contribution in [0.3, 0.4) is 0 Å². The molecule has 0 unspecified atom stereocenters. The van der Waals surface area contributed by atoms with Crippen molar-refractivity contribution in [2.75, 3.05) is 44.2 Å². The third kappa shape index (κ3) is 5.63. The van der Waals surface area contributed by atoms with E-state index in [1.54, 1.807) is 0 Å². The minimum Gasteiger partial charge on any atom is -0.491 e. The van der Waals surface area contributed by atoms with Gasteiger partial charge < -0.3 is 14.7 Å². The molecule has 0 bridgehead atoms. The molecule has 1 aliphatic rings. The Balaban J connectivity index is 1.47. The summed E-state index contributed by atoms with van der Waals surface area (Å²) in [6.07, 6.45) is -0.502. The average Bonchev–Trinajstić information content (AvgIpc) is 2.67. The number of hydrogen-bond acceptors (Lipinski definition) is 4. The molecule has 5 heteroatoms. The largest absolute Gasteiger partial charge is 0.491 e. The molecule has 152 valence electrons. The van der Waals surface area contributed by atoms with Crippen LogP contribution in [-0.4, -0.2) is 55.4 Å². The summed E-state index contributed by atoms with van der Waals surface area (Å²) in [7, 11) is 0. The van der Waals surface area contributed by atoms with Crippen LogP contribution >= 0.6 is 11.6 Å². The second-order valence-electron chi connectivity index (χ2n) is 7.93. The maximum atomic E-state index is 10.5. The van der Waals surface area contributed by atoms with Gasteiger partial charge >= 0.3 is 0 Å². The molecule has 1 heterocycles. The Morgan fingerprint density at radius 1 is 1.07 bits per heavy atom. The van der Waals surface area contributed by atoms with E-state index in [0.717, 1.165) is 42.6 Å². The fourth-order valence-corrected chi connectivity index (χ4v) is 3.83. The molecule has 0 amide bonds. The number of nitrogens with zero attached hydrogens (tertiary/aromatic N) is 2. The maximum Gasteiger partial charge on any atom is 0.123 e. The molecule has 1 N–H and O–H groups in total. The first kappa shape index (κ1) is 21.0. The second kappa shape index (κ2) is 9.64. The molecule has 0 aromatic heterocycles. The summed E-state index contributed by atoms with van der Waals surface area (Å²) in [5.74, 6) is 1.28. The second-order valence-corrected chi connectivity index (χ2v) is 8.36. The van der Waals surface area contributed by atoms with E-state index >= 15 is 0 Å². The van der Waals surface area contributed by atoms with E-state index in [9.17, 15) is 5.11 Å². The lowest BCUT2D eigenvalue weighted by molar-refractivity contribution is 0.0659. The van der Waals surface area contributed by atoms with Crippen molar-refractivity contribution in [3.8, 4) is 5.75 Å². The normalized spacial score (nSPS) is 16.4. The molecule has 3 rings (SSSR count). The first-order chi connectivity index (χ1) is 13.4. The molecule has 0 radical (unpaired) electrons. The third-order valence-electron chi connectivity index (χ3n) is 5.24. The number of aryl methyl sites for hydroxylation is 1. The highest BCUT2D eigenvalue weighted by Gasteiger charge is 2.20. The van der Waals surface area contributed by atoms with Gasteiger partial charge in [-0.15, -0.1) is 0 Å². The van der Waals surface area contributed by atoms with Crippen LogP contribution < -0.4 is 9.64 Å². The number of aliphatic hydroxyl groups excluding tert-OH is 1. The molecular formula is C23H31ClN2O2. The molecule has 1 saturated heterocycles. The molecule has 2 aromatic carbocycles. The van der Waals surface area contributed by atoms with Gasteiger partial charge in [0, 0.05) is 43.4 Å². The van der Waals surface area contributed by atoms with Gasteiger partial charge in [-0.3, -0.25) is 4.90 Å². The molecule has 0 saturated carbocycles. The van der Waals surface area contributed by atoms with E-state index in [2.05, 4.69) is 54.8 Å². The zero-order chi connectivity index (χ0) is 20.1. The Kier molecular flexibility index (Phi) is 7.22. The zero-order valence-corrected chi connectivity index (χ0v) is 17.8. The summed E-state index contributed by atoms with van der Waals surface area (Å²) in [5, 5.41) is 11.3. The summed E-state index contributed by atoms with van der Waals surface area (Å²) in [6.45, 7) is 11.0. The van der Waals surface area contributed by atoms with Crippen LogP contribution in [0.2, 0.25) is 5.02 Å². The van der Waals surface area contributed by atoms with Crippen molar-refractivity contribution < 1.29 is 9.84 Å². The molecule has 1 atom stereocenters. The number of piperazine rings is 1. The number of anilines is 1. The fraction of sp³-hybridized carbons (Fsp3) is 0.478. The lowest BCUT2D eigenvalue weighted by atomic mass is 10.0. The summed E-state index contributed by atoms with van der Waals surface area (Å²) in [5.41, 5.74) is 3.52. The summed E-state index contributed by atoms with van der Waals surface area (Å²) in [4.78, 5) is 4.64. The molecular weight excluding hydrogens is 372 g/mol. The van der Waals surface area contributed by atoms with Crippen molar-refractivity contribution in [1.82, 2.24) is 4.90 Å².